The molecule has 0 saturated carbocycles. The van der Waals surface area contributed by atoms with E-state index in [0.29, 0.717) is 11.6 Å². The summed E-state index contributed by atoms with van der Waals surface area (Å²) in [6, 6.07) is 13.3. The number of hydrogen-bond acceptors (Lipinski definition) is 4. The lowest BCUT2D eigenvalue weighted by atomic mass is 10.2. The Bertz CT molecular complexity index is 883. The van der Waals surface area contributed by atoms with Crippen LogP contribution in [0.15, 0.2) is 54.9 Å². The van der Waals surface area contributed by atoms with Crippen LogP contribution < -0.4 is 5.32 Å². The summed E-state index contributed by atoms with van der Waals surface area (Å²) in [5.41, 5.74) is 2.83. The van der Waals surface area contributed by atoms with Crippen molar-refractivity contribution in [2.45, 2.75) is 13.8 Å². The smallest absolute Gasteiger partial charge is 0.249 e. The number of carbonyl (C=O) groups excluding carboxylic acids is 1. The monoisotopic (exact) mass is 319 g/mol. The molecule has 1 N–H and O–H groups in total. The molecule has 0 unspecified atom stereocenters. The molecule has 1 aromatic carbocycles. The first-order valence-corrected chi connectivity index (χ1v) is 7.51. The van der Waals surface area contributed by atoms with Crippen LogP contribution in [0.4, 0.5) is 5.82 Å². The normalized spacial score (nSPS) is 10.9. The molecule has 0 atom stereocenters. The minimum absolute atomic E-state index is 0.253. The van der Waals surface area contributed by atoms with Crippen molar-refractivity contribution in [3.8, 4) is 5.82 Å². The van der Waals surface area contributed by atoms with Gasteiger partial charge in [0, 0.05) is 17.8 Å². The van der Waals surface area contributed by atoms with Crippen LogP contribution in [0.1, 0.15) is 17.0 Å². The molecule has 0 aliphatic rings. The Hall–Kier alpha value is -3.28. The third-order valence-electron chi connectivity index (χ3n) is 3.36. The Labute approximate surface area is 139 Å². The van der Waals surface area contributed by atoms with Crippen LogP contribution in [0.5, 0.6) is 0 Å². The third kappa shape index (κ3) is 3.73. The first-order valence-electron chi connectivity index (χ1n) is 7.51. The molecular weight excluding hydrogens is 302 g/mol. The van der Waals surface area contributed by atoms with E-state index in [4.69, 9.17) is 0 Å². The van der Waals surface area contributed by atoms with Crippen LogP contribution >= 0.6 is 0 Å². The number of benzene rings is 1. The van der Waals surface area contributed by atoms with E-state index in [9.17, 15) is 4.79 Å². The fourth-order valence-electron chi connectivity index (χ4n) is 2.30. The molecule has 0 spiro atoms. The lowest BCUT2D eigenvalue weighted by Gasteiger charge is -2.05. The molecule has 0 bridgehead atoms. The molecule has 0 fully saturated rings. The van der Waals surface area contributed by atoms with Crippen LogP contribution in [0.2, 0.25) is 0 Å². The zero-order chi connectivity index (χ0) is 16.9. The molecule has 0 aliphatic heterocycles. The van der Waals surface area contributed by atoms with Crippen molar-refractivity contribution < 1.29 is 4.79 Å². The zero-order valence-corrected chi connectivity index (χ0v) is 13.5. The van der Waals surface area contributed by atoms with Gasteiger partial charge in [0.1, 0.15) is 12.1 Å². The van der Waals surface area contributed by atoms with Gasteiger partial charge in [-0.25, -0.2) is 14.6 Å². The molecule has 2 heterocycles. The summed E-state index contributed by atoms with van der Waals surface area (Å²) < 4.78 is 1.71. The van der Waals surface area contributed by atoms with Crippen molar-refractivity contribution in [3.05, 3.63) is 71.8 Å². The molecule has 0 saturated heterocycles. The molecule has 6 nitrogen and oxygen atoms in total. The van der Waals surface area contributed by atoms with E-state index in [1.165, 1.54) is 12.4 Å². The molecule has 3 aromatic rings. The Morgan fingerprint density at radius 2 is 1.92 bits per heavy atom. The van der Waals surface area contributed by atoms with Gasteiger partial charge in [-0.15, -0.1) is 0 Å². The van der Waals surface area contributed by atoms with Gasteiger partial charge in [0.25, 0.3) is 0 Å². The zero-order valence-electron chi connectivity index (χ0n) is 13.5. The predicted molar refractivity (Wildman–Crippen MR) is 92.7 cm³/mol. The lowest BCUT2D eigenvalue weighted by molar-refractivity contribution is -0.111. The van der Waals surface area contributed by atoms with E-state index in [1.807, 2.05) is 50.2 Å². The maximum Gasteiger partial charge on any atom is 0.249 e. The fraction of sp³-hybridized carbons (Fsp3) is 0.111. The van der Waals surface area contributed by atoms with E-state index in [1.54, 1.807) is 16.8 Å². The minimum atomic E-state index is -0.253. The van der Waals surface area contributed by atoms with E-state index < -0.39 is 0 Å². The number of anilines is 1. The maximum atomic E-state index is 12.0. The summed E-state index contributed by atoms with van der Waals surface area (Å²) in [6.45, 7) is 3.87. The number of carbonyl (C=O) groups is 1. The molecule has 120 valence electrons. The summed E-state index contributed by atoms with van der Waals surface area (Å²) in [6.07, 6.45) is 4.63. The highest BCUT2D eigenvalue weighted by Gasteiger charge is 2.07. The van der Waals surface area contributed by atoms with E-state index >= 15 is 0 Å². The summed E-state index contributed by atoms with van der Waals surface area (Å²) >= 11 is 0. The van der Waals surface area contributed by atoms with Crippen molar-refractivity contribution >= 4 is 17.8 Å². The van der Waals surface area contributed by atoms with Crippen LogP contribution in [-0.2, 0) is 4.79 Å². The standard InChI is InChI=1S/C18H17N5O/c1-13-10-14(2)23(22-13)17-11-16(19-12-20-17)21-18(24)9-8-15-6-4-3-5-7-15/h3-12H,1-2H3,(H,19,20,21,24)/b9-8+. The molecular formula is C18H17N5O. The molecule has 0 aliphatic carbocycles. The van der Waals surface area contributed by atoms with Gasteiger partial charge in [-0.2, -0.15) is 5.10 Å². The van der Waals surface area contributed by atoms with Gasteiger partial charge in [0.05, 0.1) is 5.69 Å². The van der Waals surface area contributed by atoms with Crippen molar-refractivity contribution in [1.82, 2.24) is 19.7 Å². The lowest BCUT2D eigenvalue weighted by Crippen LogP contribution is -2.11. The third-order valence-corrected chi connectivity index (χ3v) is 3.36. The summed E-state index contributed by atoms with van der Waals surface area (Å²) in [4.78, 5) is 20.3. The summed E-state index contributed by atoms with van der Waals surface area (Å²) in [5, 5.41) is 7.11. The molecule has 1 amide bonds. The van der Waals surface area contributed by atoms with Gasteiger partial charge in [-0.05, 0) is 31.6 Å². The Balaban J connectivity index is 1.74. The largest absolute Gasteiger partial charge is 0.307 e. The second kappa shape index (κ2) is 6.87. The molecule has 0 radical (unpaired) electrons. The van der Waals surface area contributed by atoms with Gasteiger partial charge >= 0.3 is 0 Å². The highest BCUT2D eigenvalue weighted by Crippen LogP contribution is 2.12. The second-order valence-corrected chi connectivity index (χ2v) is 5.33. The van der Waals surface area contributed by atoms with Crippen LogP contribution in [0.3, 0.4) is 0 Å². The molecule has 24 heavy (non-hydrogen) atoms. The Morgan fingerprint density at radius 1 is 1.12 bits per heavy atom. The van der Waals surface area contributed by atoms with Gasteiger partial charge in [-0.1, -0.05) is 30.3 Å². The SMILES string of the molecule is Cc1cc(C)n(-c2cc(NC(=O)/C=C/c3ccccc3)ncn2)n1. The number of nitrogens with zero attached hydrogens (tertiary/aromatic N) is 4. The van der Waals surface area contributed by atoms with Crippen LogP contribution in [-0.4, -0.2) is 25.7 Å². The number of hydrogen-bond donors (Lipinski definition) is 1. The van der Waals surface area contributed by atoms with Gasteiger partial charge in [0.2, 0.25) is 5.91 Å². The number of amides is 1. The van der Waals surface area contributed by atoms with Gasteiger partial charge in [-0.3, -0.25) is 4.79 Å². The molecule has 6 heteroatoms. The molecule has 3 rings (SSSR count). The minimum Gasteiger partial charge on any atom is -0.307 e. The topological polar surface area (TPSA) is 72.7 Å². The number of aromatic nitrogens is 4. The predicted octanol–water partition coefficient (Wildman–Crippen LogP) is 2.93. The number of rotatable bonds is 4. The van der Waals surface area contributed by atoms with E-state index in [0.717, 1.165) is 17.0 Å². The number of nitrogens with one attached hydrogen (secondary N) is 1. The van der Waals surface area contributed by atoms with Gasteiger partial charge in [0.15, 0.2) is 5.82 Å². The summed E-state index contributed by atoms with van der Waals surface area (Å²) in [5.74, 6) is 0.782. The molecule has 2 aromatic heterocycles. The number of aryl methyl sites for hydroxylation is 2. The quantitative estimate of drug-likeness (QED) is 0.750. The average Bonchev–Trinajstić information content (AvgIpc) is 2.93. The van der Waals surface area contributed by atoms with E-state index in [2.05, 4.69) is 20.4 Å². The Morgan fingerprint density at radius 3 is 2.62 bits per heavy atom. The van der Waals surface area contributed by atoms with E-state index in [-0.39, 0.29) is 5.91 Å². The van der Waals surface area contributed by atoms with Gasteiger partial charge < -0.3 is 5.32 Å². The van der Waals surface area contributed by atoms with Crippen molar-refractivity contribution in [3.63, 3.8) is 0 Å². The first kappa shape index (κ1) is 15.6. The maximum absolute atomic E-state index is 12.0. The first-order chi connectivity index (χ1) is 11.6. The van der Waals surface area contributed by atoms with Crippen LogP contribution in [0.25, 0.3) is 11.9 Å². The fourth-order valence-corrected chi connectivity index (χ4v) is 2.30. The highest BCUT2D eigenvalue weighted by molar-refractivity contribution is 6.01. The Kier molecular flexibility index (Phi) is 4.47. The van der Waals surface area contributed by atoms with Crippen molar-refractivity contribution in [1.29, 1.82) is 0 Å². The average molecular weight is 319 g/mol. The second-order valence-electron chi connectivity index (χ2n) is 5.33. The van der Waals surface area contributed by atoms with Crippen molar-refractivity contribution in [2.24, 2.45) is 0 Å². The summed E-state index contributed by atoms with van der Waals surface area (Å²) in [7, 11) is 0. The van der Waals surface area contributed by atoms with Crippen LogP contribution in [0, 0.1) is 13.8 Å². The highest BCUT2D eigenvalue weighted by atomic mass is 16.1. The van der Waals surface area contributed by atoms with Crippen molar-refractivity contribution in [2.75, 3.05) is 5.32 Å².